The van der Waals surface area contributed by atoms with E-state index in [2.05, 4.69) is 4.40 Å². The van der Waals surface area contributed by atoms with E-state index in [1.807, 2.05) is 0 Å². The highest BCUT2D eigenvalue weighted by atomic mass is 32.2. The van der Waals surface area contributed by atoms with E-state index in [-0.39, 0.29) is 17.2 Å². The van der Waals surface area contributed by atoms with Crippen LogP contribution in [0.5, 0.6) is 5.75 Å². The molecule has 1 aliphatic heterocycles. The number of nitrogens with zero attached hydrogens (tertiary/aromatic N) is 1. The predicted molar refractivity (Wildman–Crippen MR) is 109 cm³/mol. The molecule has 2 aromatic rings. The number of benzene rings is 2. The van der Waals surface area contributed by atoms with Crippen molar-refractivity contribution in [1.82, 2.24) is 0 Å². The van der Waals surface area contributed by atoms with Gasteiger partial charge in [0.1, 0.15) is 25.4 Å². The lowest BCUT2D eigenvalue weighted by molar-refractivity contribution is -0.882. The van der Waals surface area contributed by atoms with Gasteiger partial charge in [-0.3, -0.25) is 4.90 Å². The normalized spacial score (nSPS) is 24.7. The van der Waals surface area contributed by atoms with Crippen molar-refractivity contribution in [1.29, 1.82) is 0 Å². The van der Waals surface area contributed by atoms with Crippen LogP contribution in [0.25, 0.3) is 0 Å². The molecule has 2 atom stereocenters. The van der Waals surface area contributed by atoms with Gasteiger partial charge in [-0.05, 0) is 24.3 Å². The summed E-state index contributed by atoms with van der Waals surface area (Å²) in [6.07, 6.45) is 1.55. The second-order valence-electron chi connectivity index (χ2n) is 7.05. The Labute approximate surface area is 174 Å². The standard InChI is InChI=1S/C21H22N2O6S/c1-28-15-6-8-16(9-7-15)30(26,27)22-19-14-20-21(25,18-5-3-2-4-17(18)19)29-13-11-23(20)10-12-24/h2-9,14,24-25H,10-13H2,1H3/p+1/t21-/m1/s1. The first-order valence-electron chi connectivity index (χ1n) is 9.52. The molecule has 0 bridgehead atoms. The molecule has 4 rings (SSSR count). The highest BCUT2D eigenvalue weighted by molar-refractivity contribution is 7.90. The molecule has 1 aliphatic carbocycles. The summed E-state index contributed by atoms with van der Waals surface area (Å²) in [4.78, 5) is 0.849. The number of morpholine rings is 1. The molecule has 0 saturated carbocycles. The van der Waals surface area contributed by atoms with Crippen LogP contribution in [0.1, 0.15) is 11.1 Å². The Morgan fingerprint density at radius 1 is 1.20 bits per heavy atom. The highest BCUT2D eigenvalue weighted by Crippen LogP contribution is 2.36. The molecule has 3 N–H and O–H groups in total. The van der Waals surface area contributed by atoms with Gasteiger partial charge in [0.25, 0.3) is 15.8 Å². The van der Waals surface area contributed by atoms with Crippen LogP contribution in [0.2, 0.25) is 0 Å². The minimum atomic E-state index is -4.01. The van der Waals surface area contributed by atoms with Crippen molar-refractivity contribution >= 4 is 15.7 Å². The molecule has 0 radical (unpaired) electrons. The first-order valence-corrected chi connectivity index (χ1v) is 11.0. The van der Waals surface area contributed by atoms with Crippen LogP contribution in [0.4, 0.5) is 0 Å². The summed E-state index contributed by atoms with van der Waals surface area (Å²) in [5, 5.41) is 20.7. The predicted octanol–water partition coefficient (Wildman–Crippen LogP) is -0.177. The zero-order chi connectivity index (χ0) is 21.4. The molecule has 1 unspecified atom stereocenters. The minimum Gasteiger partial charge on any atom is -0.497 e. The molecular formula is C21H23N2O6S+. The molecule has 0 spiro atoms. The van der Waals surface area contributed by atoms with Crippen LogP contribution in [-0.2, 0) is 20.5 Å². The first kappa shape index (κ1) is 20.7. The van der Waals surface area contributed by atoms with E-state index in [0.717, 1.165) is 4.90 Å². The zero-order valence-electron chi connectivity index (χ0n) is 16.4. The van der Waals surface area contributed by atoms with Crippen molar-refractivity contribution < 1.29 is 33.0 Å². The first-order chi connectivity index (χ1) is 14.4. The van der Waals surface area contributed by atoms with Crippen molar-refractivity contribution in [3.8, 4) is 5.75 Å². The lowest BCUT2D eigenvalue weighted by Gasteiger charge is -2.41. The zero-order valence-corrected chi connectivity index (χ0v) is 17.2. The lowest BCUT2D eigenvalue weighted by Crippen LogP contribution is -3.14. The molecule has 1 heterocycles. The maximum absolute atomic E-state index is 13.0. The fraction of sp³-hybridized carbons (Fsp3) is 0.286. The van der Waals surface area contributed by atoms with Gasteiger partial charge in [0.2, 0.25) is 0 Å². The molecule has 2 aliphatic rings. The van der Waals surface area contributed by atoms with E-state index in [1.54, 1.807) is 42.5 Å². The lowest BCUT2D eigenvalue weighted by atomic mass is 9.86. The Bertz CT molecular complexity index is 1110. The van der Waals surface area contributed by atoms with Crippen molar-refractivity contribution in [2.24, 2.45) is 4.40 Å². The van der Waals surface area contributed by atoms with Crippen LogP contribution < -0.4 is 9.64 Å². The summed E-state index contributed by atoms with van der Waals surface area (Å²) >= 11 is 0. The van der Waals surface area contributed by atoms with Crippen molar-refractivity contribution in [3.05, 3.63) is 71.4 Å². The number of sulfonamides is 1. The maximum atomic E-state index is 13.0. The summed E-state index contributed by atoms with van der Waals surface area (Å²) < 4.78 is 40.8. The largest absolute Gasteiger partial charge is 0.497 e. The molecule has 1 fully saturated rings. The van der Waals surface area contributed by atoms with E-state index in [0.29, 0.717) is 42.3 Å². The Hall–Kier alpha value is -2.56. The summed E-state index contributed by atoms with van der Waals surface area (Å²) in [5.74, 6) is -1.15. The number of aliphatic hydroxyl groups excluding tert-OH is 1. The van der Waals surface area contributed by atoms with Crippen LogP contribution >= 0.6 is 0 Å². The fourth-order valence-electron chi connectivity index (χ4n) is 3.81. The molecule has 1 saturated heterocycles. The van der Waals surface area contributed by atoms with Gasteiger partial charge in [-0.25, -0.2) is 0 Å². The third kappa shape index (κ3) is 3.55. The van der Waals surface area contributed by atoms with Crippen LogP contribution in [0, 0.1) is 0 Å². The van der Waals surface area contributed by atoms with Gasteiger partial charge in [0.05, 0.1) is 24.3 Å². The maximum Gasteiger partial charge on any atom is 0.282 e. The van der Waals surface area contributed by atoms with Gasteiger partial charge in [0.15, 0.2) is 5.70 Å². The quantitative estimate of drug-likeness (QED) is 0.606. The second kappa shape index (κ2) is 7.93. The molecular weight excluding hydrogens is 408 g/mol. The molecule has 0 amide bonds. The van der Waals surface area contributed by atoms with E-state index >= 15 is 0 Å². The summed E-state index contributed by atoms with van der Waals surface area (Å²) in [6.45, 7) is 1.11. The molecule has 2 aromatic carbocycles. The van der Waals surface area contributed by atoms with Gasteiger partial charge in [0, 0.05) is 17.2 Å². The summed E-state index contributed by atoms with van der Waals surface area (Å²) in [7, 11) is -2.51. The number of hydrogen-bond acceptors (Lipinski definition) is 6. The molecule has 9 heteroatoms. The summed E-state index contributed by atoms with van der Waals surface area (Å²) in [6, 6.07) is 12.9. The Balaban J connectivity index is 1.85. The third-order valence-electron chi connectivity index (χ3n) is 5.30. The van der Waals surface area contributed by atoms with Crippen LogP contribution in [0.15, 0.2) is 69.6 Å². The highest BCUT2D eigenvalue weighted by Gasteiger charge is 2.49. The minimum absolute atomic E-state index is 0.0342. The number of methoxy groups -OCH3 is 1. The topological polar surface area (TPSA) is 110 Å². The molecule has 30 heavy (non-hydrogen) atoms. The Morgan fingerprint density at radius 2 is 1.93 bits per heavy atom. The number of aliphatic hydroxyl groups is 2. The van der Waals surface area contributed by atoms with Gasteiger partial charge in [-0.1, -0.05) is 24.3 Å². The average molecular weight is 431 g/mol. The van der Waals surface area contributed by atoms with Gasteiger partial charge in [-0.2, -0.15) is 12.8 Å². The number of hydrogen-bond donors (Lipinski definition) is 3. The van der Waals surface area contributed by atoms with Crippen molar-refractivity contribution in [3.63, 3.8) is 0 Å². The van der Waals surface area contributed by atoms with Crippen molar-refractivity contribution in [2.45, 2.75) is 10.7 Å². The monoisotopic (exact) mass is 431 g/mol. The number of allylic oxidation sites excluding steroid dienone is 1. The smallest absolute Gasteiger partial charge is 0.282 e. The Kier molecular flexibility index (Phi) is 5.48. The summed E-state index contributed by atoms with van der Waals surface area (Å²) in [5.41, 5.74) is 1.56. The third-order valence-corrected chi connectivity index (χ3v) is 6.60. The number of ether oxygens (including phenoxy) is 2. The molecule has 8 nitrogen and oxygen atoms in total. The van der Waals surface area contributed by atoms with E-state index in [9.17, 15) is 18.6 Å². The number of fused-ring (bicyclic) bond motifs is 3. The van der Waals surface area contributed by atoms with Gasteiger partial charge < -0.3 is 19.7 Å². The van der Waals surface area contributed by atoms with E-state index < -0.39 is 15.8 Å². The molecule has 0 aromatic heterocycles. The van der Waals surface area contributed by atoms with Gasteiger partial charge in [-0.15, -0.1) is 0 Å². The van der Waals surface area contributed by atoms with Crippen LogP contribution in [0.3, 0.4) is 0 Å². The average Bonchev–Trinajstić information content (AvgIpc) is 2.75. The Morgan fingerprint density at radius 3 is 2.63 bits per heavy atom. The number of rotatable bonds is 5. The van der Waals surface area contributed by atoms with Gasteiger partial charge >= 0.3 is 0 Å². The van der Waals surface area contributed by atoms with Crippen molar-refractivity contribution in [2.75, 3.05) is 33.4 Å². The fourth-order valence-corrected chi connectivity index (χ4v) is 4.81. The molecule has 158 valence electrons. The number of nitrogens with one attached hydrogen (secondary N) is 1. The van der Waals surface area contributed by atoms with E-state index in [1.165, 1.54) is 19.2 Å². The second-order valence-corrected chi connectivity index (χ2v) is 8.65. The van der Waals surface area contributed by atoms with E-state index in [4.69, 9.17) is 9.47 Å². The SMILES string of the molecule is COc1ccc(S(=O)(=O)N=C2C=C3[NH+](CCO)CCO[C@]3(O)c3ccccc32)cc1. The number of quaternary nitrogens is 1. The van der Waals surface area contributed by atoms with Crippen LogP contribution in [-0.4, -0.2) is 57.8 Å².